The molecule has 0 aliphatic heterocycles. The minimum atomic E-state index is -0.622. The Kier molecular flexibility index (Phi) is 5.26. The molecule has 0 unspecified atom stereocenters. The van der Waals surface area contributed by atoms with Crippen LogP contribution < -0.4 is 15.2 Å². The van der Waals surface area contributed by atoms with E-state index in [0.717, 1.165) is 16.8 Å². The Labute approximate surface area is 151 Å². The summed E-state index contributed by atoms with van der Waals surface area (Å²) in [5.74, 6) is 0.165. The van der Waals surface area contributed by atoms with Gasteiger partial charge in [-0.15, -0.1) is 0 Å². The number of nitrogens with zero attached hydrogens (tertiary/aromatic N) is 4. The minimum absolute atomic E-state index is 0.214. The van der Waals surface area contributed by atoms with E-state index < -0.39 is 5.92 Å². The van der Waals surface area contributed by atoms with Crippen molar-refractivity contribution in [1.29, 1.82) is 0 Å². The number of nitrogens with one attached hydrogen (secondary N) is 1. The third-order valence-corrected chi connectivity index (χ3v) is 4.35. The van der Waals surface area contributed by atoms with Crippen molar-refractivity contribution in [3.8, 4) is 5.75 Å². The molecule has 0 aliphatic carbocycles. The zero-order valence-corrected chi connectivity index (χ0v) is 14.9. The number of rotatable bonds is 6. The molecule has 1 atom stereocenters. The maximum absolute atomic E-state index is 12.9. The van der Waals surface area contributed by atoms with Gasteiger partial charge in [0.15, 0.2) is 0 Å². The van der Waals surface area contributed by atoms with Crippen LogP contribution in [0, 0.1) is 13.8 Å². The summed E-state index contributed by atoms with van der Waals surface area (Å²) in [5.41, 5.74) is 3.90. The van der Waals surface area contributed by atoms with E-state index in [-0.39, 0.29) is 11.7 Å². The Morgan fingerprint density at radius 2 is 2.00 bits per heavy atom. The lowest BCUT2D eigenvalue weighted by Crippen LogP contribution is -2.24. The maximum Gasteiger partial charge on any atom is 0.232 e. The SMILES string of the molecule is COc1ccccc1C[C@H](C(=O)Nc1ccc(C)c(C)c1)c1nnn[n-]1. The first-order valence-electron chi connectivity index (χ1n) is 8.27. The molecule has 0 radical (unpaired) electrons. The molecular weight excluding hydrogens is 330 g/mol. The molecule has 1 heterocycles. The third kappa shape index (κ3) is 3.88. The standard InChI is InChI=1S/C19H21N5O2/c1-12-8-9-15(10-13(12)2)20-19(25)16(18-21-23-24-22-18)11-14-6-4-5-7-17(14)26-3/h4-10,16H,11H2,1-3H3,(H2,20,21,22,23,24,25)/p-1/t16-/m0/s1. The summed E-state index contributed by atoms with van der Waals surface area (Å²) in [4.78, 5) is 12.9. The molecule has 7 heteroatoms. The number of carbonyl (C=O) groups is 1. The van der Waals surface area contributed by atoms with Crippen LogP contribution in [0.5, 0.6) is 5.75 Å². The number of amides is 1. The van der Waals surface area contributed by atoms with Crippen LogP contribution in [0.2, 0.25) is 0 Å². The van der Waals surface area contributed by atoms with Gasteiger partial charge in [-0.25, -0.2) is 0 Å². The van der Waals surface area contributed by atoms with E-state index in [9.17, 15) is 4.79 Å². The van der Waals surface area contributed by atoms with Crippen molar-refractivity contribution in [2.75, 3.05) is 12.4 Å². The normalized spacial score (nSPS) is 11.8. The highest BCUT2D eigenvalue weighted by molar-refractivity contribution is 5.95. The van der Waals surface area contributed by atoms with Gasteiger partial charge in [-0.3, -0.25) is 15.1 Å². The molecule has 7 nitrogen and oxygen atoms in total. The summed E-state index contributed by atoms with van der Waals surface area (Å²) < 4.78 is 5.39. The fraction of sp³-hybridized carbons (Fsp3) is 0.263. The number of ether oxygens (including phenoxy) is 1. The number of aryl methyl sites for hydroxylation is 2. The second-order valence-electron chi connectivity index (χ2n) is 6.09. The zero-order chi connectivity index (χ0) is 18.5. The average Bonchev–Trinajstić information content (AvgIpc) is 3.17. The van der Waals surface area contributed by atoms with Gasteiger partial charge in [-0.05, 0) is 55.2 Å². The van der Waals surface area contributed by atoms with E-state index in [1.54, 1.807) is 7.11 Å². The van der Waals surface area contributed by atoms with Crippen LogP contribution in [-0.2, 0) is 11.2 Å². The number of hydrogen-bond donors (Lipinski definition) is 1. The molecule has 0 fully saturated rings. The fourth-order valence-electron chi connectivity index (χ4n) is 2.73. The Morgan fingerprint density at radius 1 is 1.19 bits per heavy atom. The van der Waals surface area contributed by atoms with Crippen LogP contribution in [0.4, 0.5) is 5.69 Å². The van der Waals surface area contributed by atoms with Crippen LogP contribution >= 0.6 is 0 Å². The van der Waals surface area contributed by atoms with Crippen molar-refractivity contribution in [1.82, 2.24) is 20.6 Å². The Bertz CT molecular complexity index is 893. The number of aromatic nitrogens is 4. The van der Waals surface area contributed by atoms with E-state index in [1.165, 1.54) is 5.56 Å². The van der Waals surface area contributed by atoms with Gasteiger partial charge in [-0.1, -0.05) is 24.3 Å². The highest BCUT2D eigenvalue weighted by Crippen LogP contribution is 2.26. The summed E-state index contributed by atoms with van der Waals surface area (Å²) in [6.07, 6.45) is 0.383. The first-order chi connectivity index (χ1) is 12.6. The van der Waals surface area contributed by atoms with Gasteiger partial charge in [-0.2, -0.15) is 5.21 Å². The van der Waals surface area contributed by atoms with E-state index in [0.29, 0.717) is 12.2 Å². The second kappa shape index (κ2) is 7.77. The van der Waals surface area contributed by atoms with Gasteiger partial charge < -0.3 is 15.2 Å². The molecule has 0 bridgehead atoms. The lowest BCUT2D eigenvalue weighted by molar-refractivity contribution is -0.117. The highest BCUT2D eigenvalue weighted by Gasteiger charge is 2.22. The molecule has 134 valence electrons. The van der Waals surface area contributed by atoms with Crippen molar-refractivity contribution in [3.05, 3.63) is 65.0 Å². The van der Waals surface area contributed by atoms with Gasteiger partial charge in [0.25, 0.3) is 0 Å². The van der Waals surface area contributed by atoms with Crippen molar-refractivity contribution in [2.24, 2.45) is 0 Å². The van der Waals surface area contributed by atoms with Crippen LogP contribution in [0.3, 0.4) is 0 Å². The molecule has 0 saturated heterocycles. The fourth-order valence-corrected chi connectivity index (χ4v) is 2.73. The molecule has 0 saturated carbocycles. The molecular formula is C19H20N5O2-. The zero-order valence-electron chi connectivity index (χ0n) is 14.9. The molecule has 0 aliphatic rings. The third-order valence-electron chi connectivity index (χ3n) is 4.35. The van der Waals surface area contributed by atoms with Gasteiger partial charge in [0, 0.05) is 11.5 Å². The van der Waals surface area contributed by atoms with E-state index >= 15 is 0 Å². The molecule has 0 spiro atoms. The number of hydrogen-bond acceptors (Lipinski definition) is 5. The maximum atomic E-state index is 12.9. The second-order valence-corrected chi connectivity index (χ2v) is 6.09. The average molecular weight is 350 g/mol. The summed E-state index contributed by atoms with van der Waals surface area (Å²) in [7, 11) is 1.60. The van der Waals surface area contributed by atoms with Crippen LogP contribution in [-0.4, -0.2) is 28.5 Å². The van der Waals surface area contributed by atoms with Gasteiger partial charge >= 0.3 is 0 Å². The number of para-hydroxylation sites is 1. The summed E-state index contributed by atoms with van der Waals surface area (Å²) in [6.45, 7) is 4.03. The number of carbonyl (C=O) groups excluding carboxylic acids is 1. The van der Waals surface area contributed by atoms with Crippen molar-refractivity contribution < 1.29 is 9.53 Å². The van der Waals surface area contributed by atoms with Gasteiger partial charge in [0.05, 0.1) is 13.0 Å². The van der Waals surface area contributed by atoms with Crippen LogP contribution in [0.25, 0.3) is 0 Å². The van der Waals surface area contributed by atoms with Gasteiger partial charge in [0.1, 0.15) is 5.75 Å². The van der Waals surface area contributed by atoms with Crippen molar-refractivity contribution in [3.63, 3.8) is 0 Å². The Morgan fingerprint density at radius 3 is 2.69 bits per heavy atom. The molecule has 26 heavy (non-hydrogen) atoms. The number of methoxy groups -OCH3 is 1. The molecule has 1 N–H and O–H groups in total. The predicted octanol–water partition coefficient (Wildman–Crippen LogP) is 2.42. The Hall–Kier alpha value is -3.22. The quantitative estimate of drug-likeness (QED) is 0.734. The summed E-state index contributed by atoms with van der Waals surface area (Å²) >= 11 is 0. The first kappa shape index (κ1) is 17.6. The molecule has 1 amide bonds. The van der Waals surface area contributed by atoms with E-state index in [1.807, 2.05) is 56.3 Å². The lowest BCUT2D eigenvalue weighted by atomic mass is 9.96. The number of benzene rings is 2. The largest absolute Gasteiger partial charge is 0.496 e. The Balaban J connectivity index is 1.86. The monoisotopic (exact) mass is 350 g/mol. The molecule has 2 aromatic carbocycles. The number of anilines is 1. The molecule has 3 rings (SSSR count). The van der Waals surface area contributed by atoms with E-state index in [2.05, 4.69) is 25.9 Å². The van der Waals surface area contributed by atoms with Crippen LogP contribution in [0.1, 0.15) is 28.4 Å². The summed E-state index contributed by atoms with van der Waals surface area (Å²) in [6, 6.07) is 13.4. The summed E-state index contributed by atoms with van der Waals surface area (Å²) in [5, 5.41) is 17.8. The van der Waals surface area contributed by atoms with Crippen molar-refractivity contribution in [2.45, 2.75) is 26.2 Å². The smallest absolute Gasteiger partial charge is 0.232 e. The van der Waals surface area contributed by atoms with Crippen LogP contribution in [0.15, 0.2) is 42.5 Å². The first-order valence-corrected chi connectivity index (χ1v) is 8.27. The lowest BCUT2D eigenvalue weighted by Gasteiger charge is -2.19. The molecule has 1 aromatic heterocycles. The highest BCUT2D eigenvalue weighted by atomic mass is 16.5. The van der Waals surface area contributed by atoms with E-state index in [4.69, 9.17) is 4.74 Å². The number of tetrazole rings is 1. The molecule has 3 aromatic rings. The minimum Gasteiger partial charge on any atom is -0.496 e. The predicted molar refractivity (Wildman–Crippen MR) is 97.1 cm³/mol. The van der Waals surface area contributed by atoms with Gasteiger partial charge in [0.2, 0.25) is 5.91 Å². The topological polar surface area (TPSA) is 91.1 Å². The van der Waals surface area contributed by atoms with Crippen molar-refractivity contribution >= 4 is 11.6 Å².